The number of aryl methyl sites for hydroxylation is 1. The van der Waals surface area contributed by atoms with E-state index in [0.717, 1.165) is 33.9 Å². The zero-order valence-corrected chi connectivity index (χ0v) is 20.0. The summed E-state index contributed by atoms with van der Waals surface area (Å²) in [5.41, 5.74) is 8.87. The molecule has 0 spiro atoms. The van der Waals surface area contributed by atoms with E-state index in [9.17, 15) is 0 Å². The highest BCUT2D eigenvalue weighted by molar-refractivity contribution is 9.10. The van der Waals surface area contributed by atoms with E-state index in [-0.39, 0.29) is 6.04 Å². The number of methoxy groups -OCH3 is 1. The van der Waals surface area contributed by atoms with Crippen LogP contribution in [0.4, 0.5) is 0 Å². The smallest absolute Gasteiger partial charge is 0.174 e. The highest BCUT2D eigenvalue weighted by Crippen LogP contribution is 2.51. The van der Waals surface area contributed by atoms with Crippen LogP contribution in [0.3, 0.4) is 0 Å². The van der Waals surface area contributed by atoms with Crippen LogP contribution in [0.1, 0.15) is 34.7 Å². The van der Waals surface area contributed by atoms with Crippen LogP contribution in [0.5, 0.6) is 5.75 Å². The second-order valence-corrected chi connectivity index (χ2v) is 9.85. The fourth-order valence-electron chi connectivity index (χ4n) is 4.80. The number of thioether (sulfide) groups is 1. The number of rotatable bonds is 3. The topological polar surface area (TPSA) is 24.8 Å². The third-order valence-electron chi connectivity index (χ3n) is 6.35. The maximum atomic E-state index is 5.43. The SMILES string of the molecule is COc1ccc(C2C3=C(N=C4SC=C(c5ccc(Br)cc5)N42)c2ccccc2CC3)cc1. The fourth-order valence-corrected chi connectivity index (χ4v) is 5.99. The summed E-state index contributed by atoms with van der Waals surface area (Å²) in [5, 5.41) is 3.28. The minimum absolute atomic E-state index is 0.113. The normalized spacial score (nSPS) is 19.1. The molecule has 0 fully saturated rings. The maximum absolute atomic E-state index is 5.43. The summed E-state index contributed by atoms with van der Waals surface area (Å²) in [5.74, 6) is 0.876. The van der Waals surface area contributed by atoms with Crippen molar-refractivity contribution in [2.45, 2.75) is 18.9 Å². The second kappa shape index (κ2) is 7.98. The molecule has 0 radical (unpaired) electrons. The van der Waals surface area contributed by atoms with Crippen molar-refractivity contribution in [2.24, 2.45) is 4.99 Å². The van der Waals surface area contributed by atoms with Crippen molar-refractivity contribution >= 4 is 44.3 Å². The van der Waals surface area contributed by atoms with Crippen LogP contribution in [0.15, 0.2) is 93.2 Å². The molecule has 1 aliphatic carbocycles. The van der Waals surface area contributed by atoms with Gasteiger partial charge in [0.2, 0.25) is 0 Å². The lowest BCUT2D eigenvalue weighted by atomic mass is 9.82. The molecule has 32 heavy (non-hydrogen) atoms. The van der Waals surface area contributed by atoms with Crippen LogP contribution in [0, 0.1) is 0 Å². The van der Waals surface area contributed by atoms with Gasteiger partial charge in [0.25, 0.3) is 0 Å². The van der Waals surface area contributed by atoms with Gasteiger partial charge in [0.15, 0.2) is 5.17 Å². The van der Waals surface area contributed by atoms with E-state index in [2.05, 4.69) is 99.0 Å². The Bertz CT molecular complexity index is 1290. The summed E-state index contributed by atoms with van der Waals surface area (Å²) in [4.78, 5) is 7.63. The number of fused-ring (bicyclic) bond motifs is 3. The summed E-state index contributed by atoms with van der Waals surface area (Å²) >= 11 is 5.28. The summed E-state index contributed by atoms with van der Waals surface area (Å²) in [7, 11) is 1.71. The number of halogens is 1. The van der Waals surface area contributed by atoms with Crippen LogP contribution in [0.2, 0.25) is 0 Å². The van der Waals surface area contributed by atoms with Gasteiger partial charge in [-0.2, -0.15) is 0 Å². The molecule has 1 unspecified atom stereocenters. The van der Waals surface area contributed by atoms with Gasteiger partial charge in [0.05, 0.1) is 24.5 Å². The third kappa shape index (κ3) is 3.23. The van der Waals surface area contributed by atoms with Crippen LogP contribution in [-0.4, -0.2) is 17.2 Å². The van der Waals surface area contributed by atoms with E-state index >= 15 is 0 Å². The maximum Gasteiger partial charge on any atom is 0.174 e. The first-order valence-electron chi connectivity index (χ1n) is 10.7. The molecule has 0 saturated heterocycles. The average Bonchev–Trinajstić information content (AvgIpc) is 3.27. The molecule has 6 rings (SSSR count). The van der Waals surface area contributed by atoms with Crippen LogP contribution in [0.25, 0.3) is 11.4 Å². The number of ether oxygens (including phenoxy) is 1. The van der Waals surface area contributed by atoms with Crippen molar-refractivity contribution in [2.75, 3.05) is 7.11 Å². The highest BCUT2D eigenvalue weighted by atomic mass is 79.9. The number of nitrogens with zero attached hydrogens (tertiary/aromatic N) is 2. The van der Waals surface area contributed by atoms with Crippen molar-refractivity contribution < 1.29 is 4.74 Å². The van der Waals surface area contributed by atoms with E-state index < -0.39 is 0 Å². The molecule has 2 heterocycles. The molecule has 0 amide bonds. The van der Waals surface area contributed by atoms with Crippen LogP contribution < -0.4 is 4.74 Å². The van der Waals surface area contributed by atoms with E-state index in [1.54, 1.807) is 18.9 Å². The fraction of sp³-hybridized carbons (Fsp3) is 0.148. The largest absolute Gasteiger partial charge is 0.497 e. The minimum Gasteiger partial charge on any atom is -0.497 e. The van der Waals surface area contributed by atoms with Gasteiger partial charge >= 0.3 is 0 Å². The first kappa shape index (κ1) is 19.9. The number of hydrogen-bond acceptors (Lipinski definition) is 4. The zero-order valence-electron chi connectivity index (χ0n) is 17.6. The van der Waals surface area contributed by atoms with Crippen molar-refractivity contribution in [3.8, 4) is 5.75 Å². The summed E-state index contributed by atoms with van der Waals surface area (Å²) in [6, 6.07) is 25.9. The van der Waals surface area contributed by atoms with Gasteiger partial charge < -0.3 is 9.64 Å². The van der Waals surface area contributed by atoms with E-state index in [1.807, 2.05) is 0 Å². The lowest BCUT2D eigenvalue weighted by molar-refractivity contribution is 0.413. The van der Waals surface area contributed by atoms with E-state index in [0.29, 0.717) is 0 Å². The van der Waals surface area contributed by atoms with Gasteiger partial charge in [-0.25, -0.2) is 4.99 Å². The summed E-state index contributed by atoms with van der Waals surface area (Å²) < 4.78 is 6.51. The third-order valence-corrected chi connectivity index (χ3v) is 7.72. The quantitative estimate of drug-likeness (QED) is 0.377. The van der Waals surface area contributed by atoms with Gasteiger partial charge in [-0.1, -0.05) is 76.2 Å². The van der Waals surface area contributed by atoms with E-state index in [4.69, 9.17) is 9.73 Å². The second-order valence-electron chi connectivity index (χ2n) is 8.10. The van der Waals surface area contributed by atoms with Crippen molar-refractivity contribution in [1.29, 1.82) is 0 Å². The lowest BCUT2D eigenvalue weighted by Crippen LogP contribution is -2.34. The van der Waals surface area contributed by atoms with Gasteiger partial charge in [0, 0.05) is 15.4 Å². The zero-order chi connectivity index (χ0) is 21.7. The Morgan fingerprint density at radius 1 is 0.969 bits per heavy atom. The Morgan fingerprint density at radius 2 is 1.75 bits per heavy atom. The molecular weight excluding hydrogens is 480 g/mol. The van der Waals surface area contributed by atoms with Crippen LogP contribution in [-0.2, 0) is 6.42 Å². The molecule has 0 bridgehead atoms. The Morgan fingerprint density at radius 3 is 2.53 bits per heavy atom. The Balaban J connectivity index is 1.52. The summed E-state index contributed by atoms with van der Waals surface area (Å²) in [6.07, 6.45) is 2.05. The van der Waals surface area contributed by atoms with Crippen molar-refractivity contribution in [1.82, 2.24) is 4.90 Å². The van der Waals surface area contributed by atoms with Crippen molar-refractivity contribution in [3.63, 3.8) is 0 Å². The molecule has 3 aliphatic rings. The van der Waals surface area contributed by atoms with Crippen LogP contribution >= 0.6 is 27.7 Å². The first-order chi connectivity index (χ1) is 15.7. The number of amidine groups is 1. The molecule has 158 valence electrons. The molecule has 0 aromatic heterocycles. The molecule has 0 saturated carbocycles. The first-order valence-corrected chi connectivity index (χ1v) is 12.4. The highest BCUT2D eigenvalue weighted by Gasteiger charge is 2.40. The van der Waals surface area contributed by atoms with Gasteiger partial charge in [-0.3, -0.25) is 0 Å². The van der Waals surface area contributed by atoms with E-state index in [1.165, 1.54) is 33.5 Å². The number of benzene rings is 3. The number of aliphatic imine (C=N–C) groups is 1. The molecule has 0 N–H and O–H groups in total. The monoisotopic (exact) mass is 500 g/mol. The predicted molar refractivity (Wildman–Crippen MR) is 136 cm³/mol. The Kier molecular flexibility index (Phi) is 4.96. The molecular formula is C27H21BrN2OS. The number of hydrogen-bond donors (Lipinski definition) is 0. The molecule has 3 aromatic carbocycles. The predicted octanol–water partition coefficient (Wildman–Crippen LogP) is 7.27. The van der Waals surface area contributed by atoms with Crippen molar-refractivity contribution in [3.05, 3.63) is 111 Å². The lowest BCUT2D eigenvalue weighted by Gasteiger charge is -2.39. The van der Waals surface area contributed by atoms with Gasteiger partial charge in [-0.05, 0) is 59.4 Å². The molecule has 3 aromatic rings. The summed E-state index contributed by atoms with van der Waals surface area (Å²) in [6.45, 7) is 0. The average molecular weight is 501 g/mol. The molecule has 1 atom stereocenters. The Hall–Kier alpha value is -2.76. The molecule has 3 nitrogen and oxygen atoms in total. The van der Waals surface area contributed by atoms with Gasteiger partial charge in [-0.15, -0.1) is 0 Å². The Labute approximate surface area is 200 Å². The van der Waals surface area contributed by atoms with Gasteiger partial charge in [0.1, 0.15) is 5.75 Å². The molecule has 5 heteroatoms. The molecule has 2 aliphatic heterocycles. The standard InChI is InChI=1S/C27H21BrN2OS/c1-31-21-13-8-19(9-14-21)26-23-15-10-17-4-2-3-5-22(17)25(23)29-27-30(26)24(16-32-27)18-6-11-20(28)12-7-18/h2-9,11-14,16,26H,10,15H2,1H3. The minimum atomic E-state index is 0.113.